The zero-order valence-electron chi connectivity index (χ0n) is 20.7. The number of hydrogen-bond donors (Lipinski definition) is 1. The highest BCUT2D eigenvalue weighted by Gasteiger charge is 2.24. The van der Waals surface area contributed by atoms with Gasteiger partial charge in [-0.25, -0.2) is 13.2 Å². The molecule has 0 saturated carbocycles. The van der Waals surface area contributed by atoms with Gasteiger partial charge in [0.1, 0.15) is 10.6 Å². The van der Waals surface area contributed by atoms with Gasteiger partial charge in [-0.2, -0.15) is 5.26 Å². The number of anilines is 2. The maximum Gasteiger partial charge on any atom is 0.338 e. The van der Waals surface area contributed by atoms with E-state index in [1.54, 1.807) is 36.4 Å². The summed E-state index contributed by atoms with van der Waals surface area (Å²) in [4.78, 5) is 26.7. The Labute approximate surface area is 216 Å². The van der Waals surface area contributed by atoms with Crippen molar-refractivity contribution >= 4 is 33.3 Å². The Balaban J connectivity index is 1.77. The largest absolute Gasteiger partial charge is 0.495 e. The number of nitrogens with zero attached hydrogens (tertiary/aromatic N) is 2. The molecule has 3 rings (SSSR count). The van der Waals surface area contributed by atoms with Crippen molar-refractivity contribution in [2.24, 2.45) is 0 Å². The number of benzene rings is 3. The van der Waals surface area contributed by atoms with Crippen molar-refractivity contribution in [3.05, 3.63) is 83.4 Å². The van der Waals surface area contributed by atoms with Gasteiger partial charge in [-0.3, -0.25) is 9.52 Å². The lowest BCUT2D eigenvalue weighted by molar-refractivity contribution is -0.121. The van der Waals surface area contributed by atoms with E-state index in [0.717, 1.165) is 17.2 Å². The number of amides is 1. The van der Waals surface area contributed by atoms with E-state index in [4.69, 9.17) is 14.7 Å². The molecule has 0 spiro atoms. The summed E-state index contributed by atoms with van der Waals surface area (Å²) in [6.07, 6.45) is 0.0985. The van der Waals surface area contributed by atoms with Crippen LogP contribution in [0.15, 0.2) is 71.6 Å². The van der Waals surface area contributed by atoms with Gasteiger partial charge in [0.25, 0.3) is 15.9 Å². The molecule has 10 heteroatoms. The van der Waals surface area contributed by atoms with Crippen molar-refractivity contribution in [2.75, 3.05) is 29.9 Å². The fourth-order valence-corrected chi connectivity index (χ4v) is 4.67. The molecular weight excluding hydrogens is 494 g/mol. The Kier molecular flexibility index (Phi) is 8.87. The average molecular weight is 522 g/mol. The van der Waals surface area contributed by atoms with E-state index in [9.17, 15) is 18.0 Å². The highest BCUT2D eigenvalue weighted by atomic mass is 32.2. The molecule has 192 valence electrons. The second-order valence-corrected chi connectivity index (χ2v) is 9.85. The van der Waals surface area contributed by atoms with Crippen molar-refractivity contribution in [3.8, 4) is 11.8 Å². The van der Waals surface area contributed by atoms with E-state index >= 15 is 0 Å². The van der Waals surface area contributed by atoms with Crippen LogP contribution in [-0.4, -0.2) is 40.6 Å². The van der Waals surface area contributed by atoms with Gasteiger partial charge in [-0.15, -0.1) is 0 Å². The second kappa shape index (κ2) is 12.1. The summed E-state index contributed by atoms with van der Waals surface area (Å²) in [5.41, 5.74) is 2.82. The summed E-state index contributed by atoms with van der Waals surface area (Å²) >= 11 is 0. The SMILES string of the molecule is COc1ccc(C(=O)OCC(=O)N(CCC#N)c2ccc(C)cc2)cc1S(=O)(=O)Nc1ccc(C)cc1. The monoisotopic (exact) mass is 521 g/mol. The van der Waals surface area contributed by atoms with Crippen molar-refractivity contribution in [1.82, 2.24) is 0 Å². The number of carbonyl (C=O) groups is 2. The summed E-state index contributed by atoms with van der Waals surface area (Å²) < 4.78 is 38.9. The van der Waals surface area contributed by atoms with Gasteiger partial charge < -0.3 is 14.4 Å². The van der Waals surface area contributed by atoms with E-state index < -0.39 is 28.5 Å². The molecule has 0 bridgehead atoms. The number of sulfonamides is 1. The number of aryl methyl sites for hydroxylation is 2. The molecule has 0 aromatic heterocycles. The molecule has 0 aliphatic rings. The Hall–Kier alpha value is -4.36. The summed E-state index contributed by atoms with van der Waals surface area (Å²) in [6, 6.07) is 19.7. The van der Waals surface area contributed by atoms with Gasteiger partial charge in [0, 0.05) is 17.9 Å². The van der Waals surface area contributed by atoms with Crippen molar-refractivity contribution < 1.29 is 27.5 Å². The zero-order valence-corrected chi connectivity index (χ0v) is 21.5. The summed E-state index contributed by atoms with van der Waals surface area (Å²) in [5, 5.41) is 8.96. The molecule has 0 heterocycles. The van der Waals surface area contributed by atoms with Gasteiger partial charge in [0.15, 0.2) is 6.61 Å². The van der Waals surface area contributed by atoms with E-state index in [1.165, 1.54) is 24.1 Å². The minimum atomic E-state index is -4.11. The van der Waals surface area contributed by atoms with Crippen LogP contribution in [0.1, 0.15) is 27.9 Å². The molecule has 37 heavy (non-hydrogen) atoms. The summed E-state index contributed by atoms with van der Waals surface area (Å²) in [7, 11) is -2.79. The van der Waals surface area contributed by atoms with Crippen LogP contribution in [0, 0.1) is 25.2 Å². The average Bonchev–Trinajstić information content (AvgIpc) is 2.89. The Morgan fingerprint density at radius 3 is 2.19 bits per heavy atom. The van der Waals surface area contributed by atoms with Gasteiger partial charge in [0.2, 0.25) is 0 Å². The molecule has 3 aromatic rings. The number of ether oxygens (including phenoxy) is 2. The smallest absolute Gasteiger partial charge is 0.338 e. The molecule has 0 fully saturated rings. The van der Waals surface area contributed by atoms with Crippen molar-refractivity contribution in [3.63, 3.8) is 0 Å². The minimum Gasteiger partial charge on any atom is -0.495 e. The molecule has 0 unspecified atom stereocenters. The maximum absolute atomic E-state index is 13.0. The van der Waals surface area contributed by atoms with E-state index in [0.29, 0.717) is 11.4 Å². The van der Waals surface area contributed by atoms with E-state index in [-0.39, 0.29) is 29.2 Å². The molecule has 0 aliphatic carbocycles. The lowest BCUT2D eigenvalue weighted by atomic mass is 10.2. The predicted molar refractivity (Wildman–Crippen MR) is 139 cm³/mol. The molecule has 0 saturated heterocycles. The lowest BCUT2D eigenvalue weighted by Gasteiger charge is -2.22. The molecule has 3 aromatic carbocycles. The van der Waals surface area contributed by atoms with Crippen LogP contribution in [0.3, 0.4) is 0 Å². The fourth-order valence-electron chi connectivity index (χ4n) is 3.42. The second-order valence-electron chi connectivity index (χ2n) is 8.20. The number of hydrogen-bond acceptors (Lipinski definition) is 7. The van der Waals surface area contributed by atoms with Gasteiger partial charge >= 0.3 is 5.97 Å². The first kappa shape index (κ1) is 27.2. The van der Waals surface area contributed by atoms with E-state index in [1.807, 2.05) is 32.0 Å². The first-order valence-corrected chi connectivity index (χ1v) is 12.8. The highest BCUT2D eigenvalue weighted by molar-refractivity contribution is 7.92. The topological polar surface area (TPSA) is 126 Å². The van der Waals surface area contributed by atoms with Crippen LogP contribution in [0.5, 0.6) is 5.75 Å². The van der Waals surface area contributed by atoms with Crippen LogP contribution in [0.2, 0.25) is 0 Å². The standard InChI is InChI=1S/C27H27N3O6S/c1-19-5-10-22(11-6-19)29-37(33,34)25-17-21(9-14-24(25)35-3)27(32)36-18-26(31)30(16-4-15-28)23-12-7-20(2)8-13-23/h5-14,17,29H,4,16,18H2,1-3H3. The predicted octanol–water partition coefficient (Wildman–Crippen LogP) is 4.22. The van der Waals surface area contributed by atoms with Gasteiger partial charge in [0.05, 0.1) is 25.2 Å². The normalized spacial score (nSPS) is 10.8. The number of nitriles is 1. The summed E-state index contributed by atoms with van der Waals surface area (Å²) in [6.45, 7) is 3.33. The van der Waals surface area contributed by atoms with Crippen LogP contribution in [-0.2, 0) is 19.6 Å². The minimum absolute atomic E-state index is 0.0364. The number of nitrogens with one attached hydrogen (secondary N) is 1. The molecular formula is C27H27N3O6S. The van der Waals surface area contributed by atoms with Gasteiger partial charge in [-0.05, 0) is 56.3 Å². The Morgan fingerprint density at radius 1 is 0.973 bits per heavy atom. The third-order valence-corrected chi connectivity index (χ3v) is 6.82. The first-order chi connectivity index (χ1) is 17.6. The number of esters is 1. The Morgan fingerprint density at radius 2 is 1.59 bits per heavy atom. The number of carbonyl (C=O) groups excluding carboxylic acids is 2. The zero-order chi connectivity index (χ0) is 27.0. The van der Waals surface area contributed by atoms with Crippen molar-refractivity contribution in [1.29, 1.82) is 5.26 Å². The van der Waals surface area contributed by atoms with Crippen LogP contribution < -0.4 is 14.4 Å². The molecule has 1 N–H and O–H groups in total. The molecule has 0 radical (unpaired) electrons. The van der Waals surface area contributed by atoms with Crippen LogP contribution in [0.25, 0.3) is 0 Å². The van der Waals surface area contributed by atoms with Crippen LogP contribution in [0.4, 0.5) is 11.4 Å². The fraction of sp³-hybridized carbons (Fsp3) is 0.222. The van der Waals surface area contributed by atoms with Crippen LogP contribution >= 0.6 is 0 Å². The molecule has 1 amide bonds. The number of methoxy groups -OCH3 is 1. The van der Waals surface area contributed by atoms with Gasteiger partial charge in [-0.1, -0.05) is 35.4 Å². The van der Waals surface area contributed by atoms with E-state index in [2.05, 4.69) is 4.72 Å². The lowest BCUT2D eigenvalue weighted by Crippen LogP contribution is -2.35. The first-order valence-electron chi connectivity index (χ1n) is 11.3. The Bertz CT molecular complexity index is 1410. The quantitative estimate of drug-likeness (QED) is 0.396. The molecule has 0 atom stereocenters. The maximum atomic E-state index is 13.0. The highest BCUT2D eigenvalue weighted by Crippen LogP contribution is 2.27. The third kappa shape index (κ3) is 7.08. The summed E-state index contributed by atoms with van der Waals surface area (Å²) in [5.74, 6) is -1.36. The van der Waals surface area contributed by atoms with Crippen molar-refractivity contribution in [2.45, 2.75) is 25.2 Å². The number of rotatable bonds is 10. The molecule has 0 aliphatic heterocycles. The third-order valence-electron chi connectivity index (χ3n) is 5.41. The molecule has 9 nitrogen and oxygen atoms in total.